The van der Waals surface area contributed by atoms with Gasteiger partial charge in [-0.3, -0.25) is 4.79 Å². The molecule has 7 nitrogen and oxygen atoms in total. The van der Waals surface area contributed by atoms with Crippen molar-refractivity contribution in [2.75, 3.05) is 33.9 Å². The van der Waals surface area contributed by atoms with Crippen LogP contribution in [0.3, 0.4) is 0 Å². The van der Waals surface area contributed by atoms with E-state index in [1.54, 1.807) is 4.90 Å². The second-order valence-corrected chi connectivity index (χ2v) is 6.17. The Labute approximate surface area is 131 Å². The van der Waals surface area contributed by atoms with Crippen molar-refractivity contribution in [2.45, 2.75) is 18.7 Å². The summed E-state index contributed by atoms with van der Waals surface area (Å²) in [4.78, 5) is 13.4. The van der Waals surface area contributed by atoms with Gasteiger partial charge in [-0.15, -0.1) is 0 Å². The molecule has 0 spiro atoms. The van der Waals surface area contributed by atoms with E-state index in [-0.39, 0.29) is 17.3 Å². The van der Waals surface area contributed by atoms with E-state index in [4.69, 9.17) is 9.47 Å². The maximum absolute atomic E-state index is 12.2. The highest BCUT2D eigenvalue weighted by Crippen LogP contribution is 2.29. The highest BCUT2D eigenvalue weighted by atomic mass is 32.2. The average Bonchev–Trinajstić information content (AvgIpc) is 2.53. The molecule has 0 radical (unpaired) electrons. The van der Waals surface area contributed by atoms with Crippen molar-refractivity contribution in [1.29, 1.82) is 0 Å². The molecule has 22 heavy (non-hydrogen) atoms. The zero-order valence-electron chi connectivity index (χ0n) is 13.3. The standard InChI is InChI=1S/C14H22N2O5S/c1-5-16(6-2)14(17)10-15-22(18,19)11-7-8-12(20-3)13(9-11)21-4/h7-9,15H,5-6,10H2,1-4H3. The molecule has 0 aliphatic carbocycles. The van der Waals surface area contributed by atoms with Crippen molar-refractivity contribution in [2.24, 2.45) is 0 Å². The summed E-state index contributed by atoms with van der Waals surface area (Å²) in [6.07, 6.45) is 0. The summed E-state index contributed by atoms with van der Waals surface area (Å²) >= 11 is 0. The molecule has 0 aromatic heterocycles. The fraction of sp³-hybridized carbons (Fsp3) is 0.500. The topological polar surface area (TPSA) is 84.9 Å². The van der Waals surface area contributed by atoms with Crippen LogP contribution < -0.4 is 14.2 Å². The van der Waals surface area contributed by atoms with Gasteiger partial charge in [0.15, 0.2) is 11.5 Å². The lowest BCUT2D eigenvalue weighted by molar-refractivity contribution is -0.129. The smallest absolute Gasteiger partial charge is 0.241 e. The minimum Gasteiger partial charge on any atom is -0.493 e. The minimum absolute atomic E-state index is 0.0116. The van der Waals surface area contributed by atoms with Crippen LogP contribution in [0.15, 0.2) is 23.1 Å². The van der Waals surface area contributed by atoms with E-state index < -0.39 is 10.0 Å². The van der Waals surface area contributed by atoms with E-state index in [0.29, 0.717) is 24.6 Å². The number of methoxy groups -OCH3 is 2. The van der Waals surface area contributed by atoms with Gasteiger partial charge in [-0.25, -0.2) is 13.1 Å². The Morgan fingerprint density at radius 3 is 2.23 bits per heavy atom. The van der Waals surface area contributed by atoms with Gasteiger partial charge in [0.25, 0.3) is 0 Å². The lowest BCUT2D eigenvalue weighted by Gasteiger charge is -2.18. The maximum Gasteiger partial charge on any atom is 0.241 e. The molecule has 0 saturated heterocycles. The van der Waals surface area contributed by atoms with Crippen molar-refractivity contribution < 1.29 is 22.7 Å². The van der Waals surface area contributed by atoms with Gasteiger partial charge in [-0.05, 0) is 26.0 Å². The predicted molar refractivity (Wildman–Crippen MR) is 82.7 cm³/mol. The summed E-state index contributed by atoms with van der Waals surface area (Å²) in [7, 11) is -0.908. The number of benzene rings is 1. The molecule has 0 unspecified atom stereocenters. The number of amides is 1. The predicted octanol–water partition coefficient (Wildman–Crippen LogP) is 0.851. The number of carbonyl (C=O) groups is 1. The molecule has 1 aromatic rings. The number of rotatable bonds is 8. The van der Waals surface area contributed by atoms with Crippen LogP contribution in [0.1, 0.15) is 13.8 Å². The molecule has 0 aliphatic rings. The summed E-state index contributed by atoms with van der Waals surface area (Å²) in [6.45, 7) is 4.47. The molecule has 0 bridgehead atoms. The molecular weight excluding hydrogens is 308 g/mol. The summed E-state index contributed by atoms with van der Waals surface area (Å²) in [5.74, 6) is 0.468. The minimum atomic E-state index is -3.80. The summed E-state index contributed by atoms with van der Waals surface area (Å²) in [6, 6.07) is 4.24. The molecule has 124 valence electrons. The molecule has 0 fully saturated rings. The largest absolute Gasteiger partial charge is 0.493 e. The van der Waals surface area contributed by atoms with Gasteiger partial charge >= 0.3 is 0 Å². The van der Waals surface area contributed by atoms with Crippen molar-refractivity contribution in [3.63, 3.8) is 0 Å². The maximum atomic E-state index is 12.2. The fourth-order valence-corrected chi connectivity index (χ4v) is 2.90. The van der Waals surface area contributed by atoms with Crippen LogP contribution in [0.4, 0.5) is 0 Å². The summed E-state index contributed by atoms with van der Waals surface area (Å²) in [5, 5.41) is 0. The first-order valence-electron chi connectivity index (χ1n) is 6.89. The molecule has 0 aliphatic heterocycles. The van der Waals surface area contributed by atoms with Crippen LogP contribution in [-0.2, 0) is 14.8 Å². The van der Waals surface area contributed by atoms with E-state index in [1.807, 2.05) is 13.8 Å². The molecule has 1 amide bonds. The fourth-order valence-electron chi connectivity index (χ4n) is 1.91. The Morgan fingerprint density at radius 1 is 1.14 bits per heavy atom. The zero-order valence-corrected chi connectivity index (χ0v) is 14.1. The van der Waals surface area contributed by atoms with E-state index in [1.165, 1.54) is 32.4 Å². The molecule has 0 heterocycles. The lowest BCUT2D eigenvalue weighted by atomic mass is 10.3. The number of hydrogen-bond acceptors (Lipinski definition) is 5. The molecule has 8 heteroatoms. The Balaban J connectivity index is 2.89. The number of sulfonamides is 1. The van der Waals surface area contributed by atoms with Crippen LogP contribution >= 0.6 is 0 Å². The quantitative estimate of drug-likeness (QED) is 0.764. The molecule has 1 N–H and O–H groups in total. The van der Waals surface area contributed by atoms with Crippen LogP contribution in [0.5, 0.6) is 11.5 Å². The Morgan fingerprint density at radius 2 is 1.73 bits per heavy atom. The van der Waals surface area contributed by atoms with E-state index >= 15 is 0 Å². The summed E-state index contributed by atoms with van der Waals surface area (Å²) in [5.41, 5.74) is 0. The van der Waals surface area contributed by atoms with Gasteiger partial charge in [-0.1, -0.05) is 0 Å². The van der Waals surface area contributed by atoms with Gasteiger partial charge in [0.1, 0.15) is 0 Å². The average molecular weight is 330 g/mol. The van der Waals surface area contributed by atoms with Crippen LogP contribution in [0.25, 0.3) is 0 Å². The highest BCUT2D eigenvalue weighted by molar-refractivity contribution is 7.89. The van der Waals surface area contributed by atoms with Gasteiger partial charge in [0.2, 0.25) is 15.9 Å². The van der Waals surface area contributed by atoms with E-state index in [2.05, 4.69) is 4.72 Å². The third-order valence-electron chi connectivity index (χ3n) is 3.19. The molecule has 1 aromatic carbocycles. The number of likely N-dealkylation sites (N-methyl/N-ethyl adjacent to an activating group) is 1. The Hall–Kier alpha value is -1.80. The molecule has 1 rings (SSSR count). The number of nitrogens with one attached hydrogen (secondary N) is 1. The van der Waals surface area contributed by atoms with Crippen molar-refractivity contribution in [3.05, 3.63) is 18.2 Å². The third kappa shape index (κ3) is 4.35. The first kappa shape index (κ1) is 18.2. The zero-order chi connectivity index (χ0) is 16.8. The van der Waals surface area contributed by atoms with Gasteiger partial charge < -0.3 is 14.4 Å². The van der Waals surface area contributed by atoms with Gasteiger partial charge in [0.05, 0.1) is 25.7 Å². The Bertz CT molecular complexity index is 612. The van der Waals surface area contributed by atoms with Gasteiger partial charge in [-0.2, -0.15) is 0 Å². The van der Waals surface area contributed by atoms with Crippen molar-refractivity contribution in [3.8, 4) is 11.5 Å². The number of ether oxygens (including phenoxy) is 2. The lowest BCUT2D eigenvalue weighted by Crippen LogP contribution is -2.39. The number of nitrogens with zero attached hydrogens (tertiary/aromatic N) is 1. The van der Waals surface area contributed by atoms with Crippen LogP contribution in [0, 0.1) is 0 Å². The Kier molecular flexibility index (Phi) is 6.63. The van der Waals surface area contributed by atoms with Crippen molar-refractivity contribution >= 4 is 15.9 Å². The molecule has 0 atom stereocenters. The molecule has 0 saturated carbocycles. The number of carbonyl (C=O) groups excluding carboxylic acids is 1. The molecular formula is C14H22N2O5S. The number of hydrogen-bond donors (Lipinski definition) is 1. The normalized spacial score (nSPS) is 11.1. The first-order chi connectivity index (χ1) is 10.4. The SMILES string of the molecule is CCN(CC)C(=O)CNS(=O)(=O)c1ccc(OC)c(OC)c1. The first-order valence-corrected chi connectivity index (χ1v) is 8.37. The van der Waals surface area contributed by atoms with Crippen LogP contribution in [-0.4, -0.2) is 53.1 Å². The second kappa shape index (κ2) is 8.00. The summed E-state index contributed by atoms with van der Waals surface area (Å²) < 4.78 is 36.9. The highest BCUT2D eigenvalue weighted by Gasteiger charge is 2.19. The second-order valence-electron chi connectivity index (χ2n) is 4.41. The van der Waals surface area contributed by atoms with Crippen molar-refractivity contribution in [1.82, 2.24) is 9.62 Å². The van der Waals surface area contributed by atoms with E-state index in [9.17, 15) is 13.2 Å². The monoisotopic (exact) mass is 330 g/mol. The van der Waals surface area contributed by atoms with E-state index in [0.717, 1.165) is 0 Å². The van der Waals surface area contributed by atoms with Crippen LogP contribution in [0.2, 0.25) is 0 Å². The van der Waals surface area contributed by atoms with Gasteiger partial charge in [0, 0.05) is 19.2 Å². The third-order valence-corrected chi connectivity index (χ3v) is 4.59.